The van der Waals surface area contributed by atoms with Gasteiger partial charge in [0.25, 0.3) is 5.91 Å². The molecule has 1 heterocycles. The minimum atomic E-state index is -0.0805. The molecular weight excluding hydrogens is 216 g/mol. The van der Waals surface area contributed by atoms with Gasteiger partial charge in [-0.1, -0.05) is 12.1 Å². The van der Waals surface area contributed by atoms with Gasteiger partial charge in [0.2, 0.25) is 0 Å². The van der Waals surface area contributed by atoms with Gasteiger partial charge in [-0.3, -0.25) is 4.79 Å². The Morgan fingerprint density at radius 3 is 2.71 bits per heavy atom. The molecule has 1 fully saturated rings. The van der Waals surface area contributed by atoms with Crippen molar-refractivity contribution in [2.45, 2.75) is 13.0 Å². The van der Waals surface area contributed by atoms with E-state index in [-0.39, 0.29) is 11.7 Å². The van der Waals surface area contributed by atoms with E-state index in [2.05, 4.69) is 18.9 Å². The molecule has 0 radical (unpaired) electrons. The highest BCUT2D eigenvalue weighted by molar-refractivity contribution is 5.96. The van der Waals surface area contributed by atoms with Crippen LogP contribution >= 0.6 is 0 Å². The van der Waals surface area contributed by atoms with Crippen LogP contribution in [0.5, 0.6) is 5.75 Å². The summed E-state index contributed by atoms with van der Waals surface area (Å²) >= 11 is 0. The van der Waals surface area contributed by atoms with Crippen LogP contribution in [0, 0.1) is 0 Å². The number of hydrogen-bond donors (Lipinski definition) is 1. The maximum absolute atomic E-state index is 12.2. The van der Waals surface area contributed by atoms with Crippen LogP contribution in [0.4, 0.5) is 0 Å². The molecule has 1 aromatic rings. The third-order valence-corrected chi connectivity index (χ3v) is 3.38. The first-order chi connectivity index (χ1) is 8.09. The molecule has 1 N–H and O–H groups in total. The zero-order chi connectivity index (χ0) is 12.4. The molecule has 0 spiro atoms. The molecule has 0 saturated carbocycles. The number of phenols is 1. The molecule has 1 unspecified atom stereocenters. The monoisotopic (exact) mass is 234 g/mol. The van der Waals surface area contributed by atoms with Gasteiger partial charge in [0, 0.05) is 25.7 Å². The van der Waals surface area contributed by atoms with Gasteiger partial charge < -0.3 is 14.9 Å². The minimum Gasteiger partial charge on any atom is -0.507 e. The molecule has 1 aliphatic heterocycles. The van der Waals surface area contributed by atoms with E-state index in [1.807, 2.05) is 0 Å². The number of rotatable bonds is 1. The Labute approximate surface area is 101 Å². The summed E-state index contributed by atoms with van der Waals surface area (Å²) in [5.41, 5.74) is 0.393. The van der Waals surface area contributed by atoms with Gasteiger partial charge in [-0.15, -0.1) is 0 Å². The number of benzene rings is 1. The zero-order valence-electron chi connectivity index (χ0n) is 10.3. The number of para-hydroxylation sites is 1. The first-order valence-corrected chi connectivity index (χ1v) is 5.87. The number of aromatic hydroxyl groups is 1. The van der Waals surface area contributed by atoms with Crippen molar-refractivity contribution < 1.29 is 9.90 Å². The Kier molecular flexibility index (Phi) is 3.33. The first kappa shape index (κ1) is 11.9. The molecule has 2 rings (SSSR count). The average Bonchev–Trinajstić information content (AvgIpc) is 2.32. The molecule has 1 amide bonds. The number of likely N-dealkylation sites (N-methyl/N-ethyl adjacent to an activating group) is 1. The van der Waals surface area contributed by atoms with E-state index in [0.717, 1.165) is 6.54 Å². The highest BCUT2D eigenvalue weighted by atomic mass is 16.3. The predicted octanol–water partition coefficient (Wildman–Crippen LogP) is 1.17. The summed E-state index contributed by atoms with van der Waals surface area (Å²) in [6.45, 7) is 4.41. The quantitative estimate of drug-likeness (QED) is 0.793. The molecule has 1 aliphatic rings. The number of nitrogens with zero attached hydrogens (tertiary/aromatic N) is 2. The van der Waals surface area contributed by atoms with E-state index in [1.54, 1.807) is 29.2 Å². The molecular formula is C13H18N2O2. The Hall–Kier alpha value is -1.55. The molecule has 17 heavy (non-hydrogen) atoms. The predicted molar refractivity (Wildman–Crippen MR) is 66.1 cm³/mol. The second-order valence-corrected chi connectivity index (χ2v) is 4.60. The Bertz CT molecular complexity index is 420. The van der Waals surface area contributed by atoms with E-state index in [0.29, 0.717) is 24.7 Å². The van der Waals surface area contributed by atoms with E-state index < -0.39 is 0 Å². The van der Waals surface area contributed by atoms with Gasteiger partial charge in [-0.25, -0.2) is 0 Å². The van der Waals surface area contributed by atoms with Crippen LogP contribution in [-0.4, -0.2) is 53.5 Å². The molecule has 92 valence electrons. The molecule has 0 bridgehead atoms. The molecule has 1 saturated heterocycles. The van der Waals surface area contributed by atoms with E-state index in [4.69, 9.17) is 0 Å². The summed E-state index contributed by atoms with van der Waals surface area (Å²) in [5, 5.41) is 9.67. The van der Waals surface area contributed by atoms with Crippen LogP contribution in [0.3, 0.4) is 0 Å². The lowest BCUT2D eigenvalue weighted by Gasteiger charge is -2.37. The summed E-state index contributed by atoms with van der Waals surface area (Å²) < 4.78 is 0. The molecule has 4 nitrogen and oxygen atoms in total. The standard InChI is InChI=1S/C13H18N2O2/c1-10-9-15(8-7-14(10)2)13(17)11-5-3-4-6-12(11)16/h3-6,10,16H,7-9H2,1-2H3. The van der Waals surface area contributed by atoms with Crippen molar-refractivity contribution in [2.24, 2.45) is 0 Å². The minimum absolute atomic E-state index is 0.0593. The molecule has 0 aromatic heterocycles. The second-order valence-electron chi connectivity index (χ2n) is 4.60. The van der Waals surface area contributed by atoms with E-state index >= 15 is 0 Å². The van der Waals surface area contributed by atoms with Crippen LogP contribution in [-0.2, 0) is 0 Å². The Morgan fingerprint density at radius 1 is 1.35 bits per heavy atom. The SMILES string of the molecule is CC1CN(C(=O)c2ccccc2O)CCN1C. The van der Waals surface area contributed by atoms with Crippen molar-refractivity contribution in [1.29, 1.82) is 0 Å². The Morgan fingerprint density at radius 2 is 2.06 bits per heavy atom. The first-order valence-electron chi connectivity index (χ1n) is 5.87. The van der Waals surface area contributed by atoms with E-state index in [1.165, 1.54) is 0 Å². The number of phenolic OH excluding ortho intramolecular Hbond substituents is 1. The number of carbonyl (C=O) groups excluding carboxylic acids is 1. The zero-order valence-corrected chi connectivity index (χ0v) is 10.3. The van der Waals surface area contributed by atoms with Crippen LogP contribution < -0.4 is 0 Å². The average molecular weight is 234 g/mol. The summed E-state index contributed by atoms with van der Waals surface area (Å²) in [4.78, 5) is 16.3. The lowest BCUT2D eigenvalue weighted by Crippen LogP contribution is -2.52. The van der Waals surface area contributed by atoms with Crippen molar-refractivity contribution in [3.05, 3.63) is 29.8 Å². The van der Waals surface area contributed by atoms with Crippen LogP contribution in [0.2, 0.25) is 0 Å². The Balaban J connectivity index is 2.14. The molecule has 1 atom stereocenters. The third kappa shape index (κ3) is 2.42. The highest BCUT2D eigenvalue weighted by Crippen LogP contribution is 2.19. The van der Waals surface area contributed by atoms with Gasteiger partial charge in [-0.05, 0) is 26.1 Å². The van der Waals surface area contributed by atoms with Crippen molar-refractivity contribution in [3.63, 3.8) is 0 Å². The number of piperazine rings is 1. The number of carbonyl (C=O) groups is 1. The van der Waals surface area contributed by atoms with Gasteiger partial charge in [-0.2, -0.15) is 0 Å². The lowest BCUT2D eigenvalue weighted by molar-refractivity contribution is 0.0569. The van der Waals surface area contributed by atoms with E-state index in [9.17, 15) is 9.90 Å². The number of hydrogen-bond acceptors (Lipinski definition) is 3. The molecule has 1 aromatic carbocycles. The lowest BCUT2D eigenvalue weighted by atomic mass is 10.1. The fourth-order valence-electron chi connectivity index (χ4n) is 2.06. The topological polar surface area (TPSA) is 43.8 Å². The molecule has 4 heteroatoms. The fourth-order valence-corrected chi connectivity index (χ4v) is 2.06. The maximum Gasteiger partial charge on any atom is 0.257 e. The van der Waals surface area contributed by atoms with Crippen LogP contribution in [0.25, 0.3) is 0 Å². The second kappa shape index (κ2) is 4.75. The summed E-state index contributed by atoms with van der Waals surface area (Å²) in [5.74, 6) is -0.0212. The van der Waals surface area contributed by atoms with Gasteiger partial charge in [0.05, 0.1) is 5.56 Å². The largest absolute Gasteiger partial charge is 0.507 e. The van der Waals surface area contributed by atoms with Gasteiger partial charge >= 0.3 is 0 Å². The normalized spacial score (nSPS) is 21.5. The van der Waals surface area contributed by atoms with Crippen LogP contribution in [0.1, 0.15) is 17.3 Å². The summed E-state index contributed by atoms with van der Waals surface area (Å²) in [6.07, 6.45) is 0. The van der Waals surface area contributed by atoms with Crippen molar-refractivity contribution in [2.75, 3.05) is 26.7 Å². The smallest absolute Gasteiger partial charge is 0.257 e. The van der Waals surface area contributed by atoms with Crippen LogP contribution in [0.15, 0.2) is 24.3 Å². The summed E-state index contributed by atoms with van der Waals surface area (Å²) in [6, 6.07) is 7.07. The van der Waals surface area contributed by atoms with Crippen molar-refractivity contribution >= 4 is 5.91 Å². The van der Waals surface area contributed by atoms with Gasteiger partial charge in [0.15, 0.2) is 0 Å². The fraction of sp³-hybridized carbons (Fsp3) is 0.462. The van der Waals surface area contributed by atoms with Gasteiger partial charge in [0.1, 0.15) is 5.75 Å². The van der Waals surface area contributed by atoms with Crippen molar-refractivity contribution in [1.82, 2.24) is 9.80 Å². The summed E-state index contributed by atoms with van der Waals surface area (Å²) in [7, 11) is 2.06. The van der Waals surface area contributed by atoms with Crippen molar-refractivity contribution in [3.8, 4) is 5.75 Å². The molecule has 0 aliphatic carbocycles. The maximum atomic E-state index is 12.2. The highest BCUT2D eigenvalue weighted by Gasteiger charge is 2.26. The third-order valence-electron chi connectivity index (χ3n) is 3.38. The number of amides is 1.